The largest absolute Gasteiger partial charge is 0.436 e. The number of hydrogen-bond acceptors (Lipinski definition) is 5. The van der Waals surface area contributed by atoms with E-state index in [1.807, 2.05) is 43.6 Å². The summed E-state index contributed by atoms with van der Waals surface area (Å²) in [5, 5.41) is 4.17. The number of rotatable bonds is 3. The highest BCUT2D eigenvalue weighted by molar-refractivity contribution is 6.03. The van der Waals surface area contributed by atoms with Gasteiger partial charge in [0.15, 0.2) is 5.58 Å². The van der Waals surface area contributed by atoms with Crippen molar-refractivity contribution < 1.29 is 4.42 Å². The minimum Gasteiger partial charge on any atom is -0.436 e. The third kappa shape index (κ3) is 2.30. The number of nitrogens with zero attached hydrogens (tertiary/aromatic N) is 2. The number of nitrogens with two attached hydrogens (primary N) is 1. The molecule has 6 heteroatoms. The van der Waals surface area contributed by atoms with E-state index in [0.717, 1.165) is 33.7 Å². The first-order valence-corrected chi connectivity index (χ1v) is 7.22. The molecule has 4 N–H and O–H groups in total. The van der Waals surface area contributed by atoms with E-state index in [1.54, 1.807) is 12.4 Å². The van der Waals surface area contributed by atoms with E-state index in [1.165, 1.54) is 0 Å². The number of H-pyrrole nitrogens is 1. The third-order valence-corrected chi connectivity index (χ3v) is 3.67. The molecule has 0 aliphatic carbocycles. The van der Waals surface area contributed by atoms with E-state index in [9.17, 15) is 0 Å². The van der Waals surface area contributed by atoms with Crippen LogP contribution in [0.15, 0.2) is 53.5 Å². The fourth-order valence-corrected chi connectivity index (χ4v) is 2.62. The quantitative estimate of drug-likeness (QED) is 0.534. The van der Waals surface area contributed by atoms with E-state index in [4.69, 9.17) is 10.2 Å². The Morgan fingerprint density at radius 3 is 2.83 bits per heavy atom. The van der Waals surface area contributed by atoms with Gasteiger partial charge in [0, 0.05) is 36.0 Å². The molecule has 6 nitrogen and oxygen atoms in total. The SMILES string of the molecule is Cc1cc(-c2nccc3c(Nc4cc[nH]c4)c(N)oc23)ccn1. The lowest BCUT2D eigenvalue weighted by Crippen LogP contribution is -1.92. The molecule has 4 heterocycles. The van der Waals surface area contributed by atoms with Gasteiger partial charge in [-0.3, -0.25) is 9.97 Å². The monoisotopic (exact) mass is 305 g/mol. The predicted molar refractivity (Wildman–Crippen MR) is 90.5 cm³/mol. The Bertz CT molecular complexity index is 972. The average molecular weight is 305 g/mol. The second-order valence-corrected chi connectivity index (χ2v) is 5.29. The summed E-state index contributed by atoms with van der Waals surface area (Å²) in [6.45, 7) is 1.94. The molecule has 0 radical (unpaired) electrons. The fraction of sp³-hybridized carbons (Fsp3) is 0.0588. The number of hydrogen-bond donors (Lipinski definition) is 3. The van der Waals surface area contributed by atoms with Gasteiger partial charge in [-0.1, -0.05) is 0 Å². The zero-order valence-corrected chi connectivity index (χ0v) is 12.5. The second kappa shape index (κ2) is 5.17. The molecule has 0 aliphatic rings. The molecule has 0 spiro atoms. The van der Waals surface area contributed by atoms with Crippen LogP contribution in [0.4, 0.5) is 17.3 Å². The van der Waals surface area contributed by atoms with Crippen LogP contribution in [0, 0.1) is 6.92 Å². The normalized spacial score (nSPS) is 11.0. The number of aryl methyl sites for hydroxylation is 1. The summed E-state index contributed by atoms with van der Waals surface area (Å²) in [4.78, 5) is 11.7. The van der Waals surface area contributed by atoms with Crippen molar-refractivity contribution in [1.82, 2.24) is 15.0 Å². The lowest BCUT2D eigenvalue weighted by atomic mass is 10.1. The van der Waals surface area contributed by atoms with Crippen molar-refractivity contribution in [2.75, 3.05) is 11.1 Å². The summed E-state index contributed by atoms with van der Waals surface area (Å²) in [7, 11) is 0. The molecule has 0 saturated heterocycles. The zero-order valence-electron chi connectivity index (χ0n) is 12.5. The van der Waals surface area contributed by atoms with Gasteiger partial charge in [0.05, 0.1) is 11.1 Å². The van der Waals surface area contributed by atoms with Gasteiger partial charge in [0.25, 0.3) is 0 Å². The first-order chi connectivity index (χ1) is 11.2. The molecule has 0 saturated carbocycles. The molecule has 23 heavy (non-hydrogen) atoms. The first kappa shape index (κ1) is 13.4. The fourth-order valence-electron chi connectivity index (χ4n) is 2.62. The molecule has 0 amide bonds. The number of nitrogens with one attached hydrogen (secondary N) is 2. The van der Waals surface area contributed by atoms with E-state index >= 15 is 0 Å². The number of anilines is 3. The van der Waals surface area contributed by atoms with Crippen LogP contribution in [0.5, 0.6) is 0 Å². The second-order valence-electron chi connectivity index (χ2n) is 5.29. The van der Waals surface area contributed by atoms with Gasteiger partial charge >= 0.3 is 0 Å². The van der Waals surface area contributed by atoms with Crippen LogP contribution in [-0.2, 0) is 0 Å². The number of nitrogen functional groups attached to an aromatic ring is 1. The summed E-state index contributed by atoms with van der Waals surface area (Å²) in [5.41, 5.74) is 11.0. The smallest absolute Gasteiger partial charge is 0.215 e. The summed E-state index contributed by atoms with van der Waals surface area (Å²) in [6, 6.07) is 7.70. The van der Waals surface area contributed by atoms with E-state index in [2.05, 4.69) is 20.3 Å². The van der Waals surface area contributed by atoms with Gasteiger partial charge in [-0.05, 0) is 31.2 Å². The van der Waals surface area contributed by atoms with Crippen molar-refractivity contribution in [2.45, 2.75) is 6.92 Å². The maximum absolute atomic E-state index is 6.07. The maximum atomic E-state index is 6.07. The van der Waals surface area contributed by atoms with Crippen LogP contribution in [0.1, 0.15) is 5.69 Å². The minimum absolute atomic E-state index is 0.334. The molecular weight excluding hydrogens is 290 g/mol. The highest BCUT2D eigenvalue weighted by Crippen LogP contribution is 2.38. The van der Waals surface area contributed by atoms with Crippen molar-refractivity contribution in [2.24, 2.45) is 0 Å². The van der Waals surface area contributed by atoms with Crippen LogP contribution in [0.25, 0.3) is 22.2 Å². The van der Waals surface area contributed by atoms with Crippen LogP contribution in [0.2, 0.25) is 0 Å². The van der Waals surface area contributed by atoms with Gasteiger partial charge in [0.1, 0.15) is 11.4 Å². The molecule has 0 bridgehead atoms. The molecule has 0 atom stereocenters. The Morgan fingerprint density at radius 2 is 2.04 bits per heavy atom. The molecule has 0 aliphatic heterocycles. The Labute approximate surface area is 132 Å². The van der Waals surface area contributed by atoms with E-state index in [0.29, 0.717) is 11.5 Å². The Morgan fingerprint density at radius 1 is 1.17 bits per heavy atom. The zero-order chi connectivity index (χ0) is 15.8. The van der Waals surface area contributed by atoms with Gasteiger partial charge in [-0.25, -0.2) is 0 Å². The number of fused-ring (bicyclic) bond motifs is 1. The van der Waals surface area contributed by atoms with Gasteiger partial charge in [-0.15, -0.1) is 0 Å². The lowest BCUT2D eigenvalue weighted by molar-refractivity contribution is 0.638. The third-order valence-electron chi connectivity index (χ3n) is 3.67. The molecular formula is C17H15N5O. The molecule has 0 aromatic carbocycles. The molecule has 114 valence electrons. The van der Waals surface area contributed by atoms with Gasteiger partial charge < -0.3 is 20.5 Å². The van der Waals surface area contributed by atoms with Crippen molar-refractivity contribution in [3.63, 3.8) is 0 Å². The molecule has 4 aromatic rings. The summed E-state index contributed by atoms with van der Waals surface area (Å²) >= 11 is 0. The van der Waals surface area contributed by atoms with E-state index in [-0.39, 0.29) is 0 Å². The average Bonchev–Trinajstić information content (AvgIpc) is 3.16. The lowest BCUT2D eigenvalue weighted by Gasteiger charge is -2.03. The first-order valence-electron chi connectivity index (χ1n) is 7.22. The highest BCUT2D eigenvalue weighted by atomic mass is 16.3. The Hall–Kier alpha value is -3.28. The van der Waals surface area contributed by atoms with Crippen molar-refractivity contribution in [3.05, 3.63) is 54.7 Å². The standard InChI is InChI=1S/C17H15N5O/c1-10-8-11(2-6-20-10)14-16-13(4-7-21-14)15(17(18)23-16)22-12-3-5-19-9-12/h2-9,19,22H,18H2,1H3. The number of aromatic nitrogens is 3. The predicted octanol–water partition coefficient (Wildman–Crippen LogP) is 3.85. The van der Waals surface area contributed by atoms with Crippen LogP contribution >= 0.6 is 0 Å². The van der Waals surface area contributed by atoms with Crippen LogP contribution in [0.3, 0.4) is 0 Å². The van der Waals surface area contributed by atoms with Gasteiger partial charge in [0.2, 0.25) is 5.88 Å². The van der Waals surface area contributed by atoms with Crippen molar-refractivity contribution in [3.8, 4) is 11.3 Å². The summed E-state index contributed by atoms with van der Waals surface area (Å²) < 4.78 is 5.80. The number of pyridine rings is 2. The molecule has 4 rings (SSSR count). The number of aromatic amines is 1. The number of furan rings is 1. The van der Waals surface area contributed by atoms with Gasteiger partial charge in [-0.2, -0.15) is 0 Å². The topological polar surface area (TPSA) is 92.8 Å². The summed E-state index contributed by atoms with van der Waals surface area (Å²) in [6.07, 6.45) is 7.21. The van der Waals surface area contributed by atoms with Crippen molar-refractivity contribution in [1.29, 1.82) is 0 Å². The highest BCUT2D eigenvalue weighted by Gasteiger charge is 2.17. The Balaban J connectivity index is 1.89. The molecule has 0 fully saturated rings. The maximum Gasteiger partial charge on any atom is 0.215 e. The van der Waals surface area contributed by atoms with Crippen molar-refractivity contribution >= 4 is 28.2 Å². The van der Waals surface area contributed by atoms with Crippen LogP contribution < -0.4 is 11.1 Å². The minimum atomic E-state index is 0.334. The molecule has 0 unspecified atom stereocenters. The Kier molecular flexibility index (Phi) is 3.01. The molecule has 4 aromatic heterocycles. The van der Waals surface area contributed by atoms with Crippen LogP contribution in [-0.4, -0.2) is 15.0 Å². The summed E-state index contributed by atoms with van der Waals surface area (Å²) in [5.74, 6) is 0.334. The van der Waals surface area contributed by atoms with E-state index < -0.39 is 0 Å².